The van der Waals surface area contributed by atoms with E-state index < -0.39 is 12.1 Å². The number of carbonyl (C=O) groups excluding carboxylic acids is 1. The molecule has 1 aliphatic rings. The van der Waals surface area contributed by atoms with Gasteiger partial charge in [0.25, 0.3) is 0 Å². The molecule has 1 aliphatic heterocycles. The van der Waals surface area contributed by atoms with E-state index in [0.29, 0.717) is 19.7 Å². The van der Waals surface area contributed by atoms with Crippen molar-refractivity contribution in [2.45, 2.75) is 26.0 Å². The number of aryl methyl sites for hydroxylation is 1. The highest BCUT2D eigenvalue weighted by Gasteiger charge is 2.26. The number of amides is 1. The van der Waals surface area contributed by atoms with E-state index in [4.69, 9.17) is 9.84 Å². The fraction of sp³-hybridized carbons (Fsp3) is 0.412. The van der Waals surface area contributed by atoms with E-state index in [0.717, 1.165) is 16.5 Å². The van der Waals surface area contributed by atoms with Gasteiger partial charge in [-0.15, -0.1) is 0 Å². The Balaban J connectivity index is 1.72. The van der Waals surface area contributed by atoms with Crippen LogP contribution >= 0.6 is 0 Å². The van der Waals surface area contributed by atoms with E-state index >= 15 is 0 Å². The Bertz CT molecular complexity index is 737. The zero-order chi connectivity index (χ0) is 16.4. The Morgan fingerprint density at radius 1 is 1.35 bits per heavy atom. The average molecular weight is 316 g/mol. The molecule has 0 unspecified atom stereocenters. The Hall–Kier alpha value is -2.34. The number of morpholine rings is 1. The largest absolute Gasteiger partial charge is 0.481 e. The summed E-state index contributed by atoms with van der Waals surface area (Å²) >= 11 is 0. The molecule has 3 rings (SSSR count). The molecule has 0 saturated carbocycles. The van der Waals surface area contributed by atoms with Gasteiger partial charge in [0.1, 0.15) is 6.54 Å². The van der Waals surface area contributed by atoms with E-state index in [1.54, 1.807) is 4.90 Å². The van der Waals surface area contributed by atoms with Crippen molar-refractivity contribution < 1.29 is 19.4 Å². The van der Waals surface area contributed by atoms with Gasteiger partial charge < -0.3 is 19.3 Å². The standard InChI is InChI=1S/C17H20N2O4/c1-12-9-19(15-5-3-2-4-14(12)15)11-16(20)18-6-7-23-13(10-18)8-17(21)22/h2-5,9,13H,6-8,10-11H2,1H3,(H,21,22)/t13-/m1/s1. The van der Waals surface area contributed by atoms with Gasteiger partial charge in [-0.25, -0.2) is 0 Å². The minimum atomic E-state index is -0.906. The van der Waals surface area contributed by atoms with E-state index in [2.05, 4.69) is 0 Å². The number of benzene rings is 1. The minimum Gasteiger partial charge on any atom is -0.481 e. The normalized spacial score (nSPS) is 18.3. The average Bonchev–Trinajstić information content (AvgIpc) is 2.84. The van der Waals surface area contributed by atoms with Crippen molar-refractivity contribution in [3.05, 3.63) is 36.0 Å². The quantitative estimate of drug-likeness (QED) is 0.931. The van der Waals surface area contributed by atoms with Crippen LogP contribution in [-0.2, 0) is 20.9 Å². The highest BCUT2D eigenvalue weighted by Crippen LogP contribution is 2.20. The molecule has 0 spiro atoms. The molecule has 6 nitrogen and oxygen atoms in total. The fourth-order valence-corrected chi connectivity index (χ4v) is 3.07. The molecule has 0 bridgehead atoms. The van der Waals surface area contributed by atoms with Crippen LogP contribution in [0.1, 0.15) is 12.0 Å². The zero-order valence-electron chi connectivity index (χ0n) is 13.1. The summed E-state index contributed by atoms with van der Waals surface area (Å²) in [5.74, 6) is -0.916. The van der Waals surface area contributed by atoms with Crippen LogP contribution in [0.3, 0.4) is 0 Å². The summed E-state index contributed by atoms with van der Waals surface area (Å²) < 4.78 is 7.37. The number of para-hydroxylation sites is 1. The number of hydrogen-bond acceptors (Lipinski definition) is 3. The molecule has 2 aromatic rings. The number of hydrogen-bond donors (Lipinski definition) is 1. The number of carboxylic acids is 1. The van der Waals surface area contributed by atoms with Crippen LogP contribution in [0.25, 0.3) is 10.9 Å². The van der Waals surface area contributed by atoms with Crippen LogP contribution in [-0.4, -0.2) is 52.3 Å². The highest BCUT2D eigenvalue weighted by atomic mass is 16.5. The second kappa shape index (κ2) is 6.42. The Labute approximate surface area is 134 Å². The molecular formula is C17H20N2O4. The topological polar surface area (TPSA) is 71.8 Å². The number of nitrogens with zero attached hydrogens (tertiary/aromatic N) is 2. The second-order valence-electron chi connectivity index (χ2n) is 5.89. The number of aliphatic carboxylic acids is 1. The molecule has 6 heteroatoms. The first-order valence-electron chi connectivity index (χ1n) is 7.70. The van der Waals surface area contributed by atoms with Crippen molar-refractivity contribution in [2.24, 2.45) is 0 Å². The molecule has 1 amide bonds. The molecule has 1 aromatic carbocycles. The predicted molar refractivity (Wildman–Crippen MR) is 85.2 cm³/mol. The smallest absolute Gasteiger partial charge is 0.306 e. The summed E-state index contributed by atoms with van der Waals surface area (Å²) in [6.07, 6.45) is 1.49. The SMILES string of the molecule is Cc1cn(CC(=O)N2CCO[C@H](CC(=O)O)C2)c2ccccc12. The predicted octanol–water partition coefficient (Wildman–Crippen LogP) is 1.65. The molecule has 1 aromatic heterocycles. The Morgan fingerprint density at radius 3 is 2.91 bits per heavy atom. The maximum Gasteiger partial charge on any atom is 0.306 e. The summed E-state index contributed by atoms with van der Waals surface area (Å²) in [5, 5.41) is 10.0. The Kier molecular flexibility index (Phi) is 4.34. The molecule has 1 N–H and O–H groups in total. The number of aromatic nitrogens is 1. The van der Waals surface area contributed by atoms with Crippen molar-refractivity contribution in [2.75, 3.05) is 19.7 Å². The van der Waals surface area contributed by atoms with Gasteiger partial charge in [0.2, 0.25) is 5.91 Å². The second-order valence-corrected chi connectivity index (χ2v) is 5.89. The number of carbonyl (C=O) groups is 2. The molecular weight excluding hydrogens is 296 g/mol. The lowest BCUT2D eigenvalue weighted by atomic mass is 10.2. The van der Waals surface area contributed by atoms with Crippen LogP contribution in [0.5, 0.6) is 0 Å². The molecule has 1 fully saturated rings. The maximum atomic E-state index is 12.6. The first-order chi connectivity index (χ1) is 11.0. The first-order valence-corrected chi connectivity index (χ1v) is 7.70. The van der Waals surface area contributed by atoms with Crippen molar-refractivity contribution >= 4 is 22.8 Å². The lowest BCUT2D eigenvalue weighted by molar-refractivity contribution is -0.147. The molecule has 0 aliphatic carbocycles. The van der Waals surface area contributed by atoms with Crippen molar-refractivity contribution in [1.82, 2.24) is 9.47 Å². The molecule has 23 heavy (non-hydrogen) atoms. The summed E-state index contributed by atoms with van der Waals surface area (Å²) in [7, 11) is 0. The number of carboxylic acid groups (broad SMARTS) is 1. The summed E-state index contributed by atoms with van der Waals surface area (Å²) in [6, 6.07) is 7.99. The van der Waals surface area contributed by atoms with Crippen molar-refractivity contribution in [3.8, 4) is 0 Å². The monoisotopic (exact) mass is 316 g/mol. The van der Waals surface area contributed by atoms with Gasteiger partial charge in [0, 0.05) is 30.2 Å². The highest BCUT2D eigenvalue weighted by molar-refractivity contribution is 5.86. The van der Waals surface area contributed by atoms with Crippen molar-refractivity contribution in [3.63, 3.8) is 0 Å². The lowest BCUT2D eigenvalue weighted by Gasteiger charge is -2.32. The minimum absolute atomic E-state index is 0.00978. The van der Waals surface area contributed by atoms with Gasteiger partial charge >= 0.3 is 5.97 Å². The molecule has 1 atom stereocenters. The van der Waals surface area contributed by atoms with Crippen LogP contribution in [0.15, 0.2) is 30.5 Å². The molecule has 2 heterocycles. The van der Waals surface area contributed by atoms with Crippen LogP contribution in [0.2, 0.25) is 0 Å². The van der Waals surface area contributed by atoms with E-state index in [9.17, 15) is 9.59 Å². The van der Waals surface area contributed by atoms with E-state index in [1.165, 1.54) is 0 Å². The van der Waals surface area contributed by atoms with Gasteiger partial charge in [-0.1, -0.05) is 18.2 Å². The third kappa shape index (κ3) is 3.37. The molecule has 122 valence electrons. The van der Waals surface area contributed by atoms with Gasteiger partial charge in [-0.05, 0) is 18.6 Å². The first kappa shape index (κ1) is 15.6. The maximum absolute atomic E-state index is 12.6. The van der Waals surface area contributed by atoms with Gasteiger partial charge in [-0.3, -0.25) is 9.59 Å². The summed E-state index contributed by atoms with van der Waals surface area (Å²) in [5.41, 5.74) is 2.17. The summed E-state index contributed by atoms with van der Waals surface area (Å²) in [4.78, 5) is 25.0. The van der Waals surface area contributed by atoms with Crippen LogP contribution < -0.4 is 0 Å². The zero-order valence-corrected chi connectivity index (χ0v) is 13.1. The number of fused-ring (bicyclic) bond motifs is 1. The van der Waals surface area contributed by atoms with Gasteiger partial charge in [0.15, 0.2) is 0 Å². The molecule has 1 saturated heterocycles. The number of ether oxygens (including phenoxy) is 1. The van der Waals surface area contributed by atoms with E-state index in [-0.39, 0.29) is 18.9 Å². The molecule has 0 radical (unpaired) electrons. The van der Waals surface area contributed by atoms with Gasteiger partial charge in [0.05, 0.1) is 19.1 Å². The van der Waals surface area contributed by atoms with Crippen molar-refractivity contribution in [1.29, 1.82) is 0 Å². The Morgan fingerprint density at radius 2 is 2.13 bits per heavy atom. The van der Waals surface area contributed by atoms with Crippen LogP contribution in [0.4, 0.5) is 0 Å². The lowest BCUT2D eigenvalue weighted by Crippen LogP contribution is -2.47. The van der Waals surface area contributed by atoms with Crippen LogP contribution in [0, 0.1) is 6.92 Å². The fourth-order valence-electron chi connectivity index (χ4n) is 3.07. The van der Waals surface area contributed by atoms with E-state index in [1.807, 2.05) is 42.0 Å². The third-order valence-electron chi connectivity index (χ3n) is 4.19. The summed E-state index contributed by atoms with van der Waals surface area (Å²) in [6.45, 7) is 3.51. The third-order valence-corrected chi connectivity index (χ3v) is 4.19. The van der Waals surface area contributed by atoms with Gasteiger partial charge in [-0.2, -0.15) is 0 Å². The number of rotatable bonds is 4.